The Morgan fingerprint density at radius 1 is 1.15 bits per heavy atom. The molecule has 1 aliphatic heterocycles. The summed E-state index contributed by atoms with van der Waals surface area (Å²) < 4.78 is 18.5. The van der Waals surface area contributed by atoms with Crippen LogP contribution < -0.4 is 10.6 Å². The largest absolute Gasteiger partial charge is 0.453 e. The lowest BCUT2D eigenvalue weighted by Gasteiger charge is -2.39. The molecule has 1 saturated heterocycles. The van der Waals surface area contributed by atoms with Crippen LogP contribution in [-0.2, 0) is 11.2 Å². The average molecular weight is 531 g/mol. The van der Waals surface area contributed by atoms with E-state index in [1.54, 1.807) is 41.3 Å². The van der Waals surface area contributed by atoms with E-state index in [2.05, 4.69) is 21.6 Å². The molecule has 2 heterocycles. The summed E-state index contributed by atoms with van der Waals surface area (Å²) in [5.41, 5.74) is 2.80. The van der Waals surface area contributed by atoms with Gasteiger partial charge in [-0.1, -0.05) is 30.3 Å². The molecule has 0 unspecified atom stereocenters. The van der Waals surface area contributed by atoms with Gasteiger partial charge in [-0.3, -0.25) is 4.79 Å². The van der Waals surface area contributed by atoms with Crippen LogP contribution in [0.2, 0.25) is 0 Å². The summed E-state index contributed by atoms with van der Waals surface area (Å²) in [5, 5.41) is 15.7. The number of hydrogen-bond acceptors (Lipinski definition) is 7. The molecule has 10 heteroatoms. The highest BCUT2D eigenvalue weighted by Crippen LogP contribution is 2.25. The van der Waals surface area contributed by atoms with Crippen molar-refractivity contribution in [1.29, 1.82) is 5.26 Å². The van der Waals surface area contributed by atoms with E-state index in [0.717, 1.165) is 5.56 Å². The van der Waals surface area contributed by atoms with Crippen LogP contribution in [0.1, 0.15) is 21.5 Å². The zero-order chi connectivity index (χ0) is 27.8. The molecular formula is C29H31FN6O3. The van der Waals surface area contributed by atoms with Crippen molar-refractivity contribution in [3.8, 4) is 17.3 Å². The van der Waals surface area contributed by atoms with Gasteiger partial charge in [0.1, 0.15) is 11.6 Å². The number of nitrogens with one attached hydrogen (secondary N) is 2. The molecule has 3 aromatic rings. The average Bonchev–Trinajstić information content (AvgIpc) is 2.95. The molecule has 9 nitrogen and oxygen atoms in total. The van der Waals surface area contributed by atoms with Crippen molar-refractivity contribution >= 4 is 17.8 Å². The molecule has 39 heavy (non-hydrogen) atoms. The van der Waals surface area contributed by atoms with Crippen molar-refractivity contribution in [3.05, 3.63) is 83.2 Å². The molecule has 0 saturated carbocycles. The highest BCUT2D eigenvalue weighted by Gasteiger charge is 2.30. The Bertz CT molecular complexity index is 1380. The van der Waals surface area contributed by atoms with Crippen molar-refractivity contribution in [2.24, 2.45) is 0 Å². The monoisotopic (exact) mass is 530 g/mol. The maximum Gasteiger partial charge on any atom is 0.409 e. The lowest BCUT2D eigenvalue weighted by Crippen LogP contribution is -2.57. The van der Waals surface area contributed by atoms with Gasteiger partial charge in [0, 0.05) is 38.3 Å². The standard InChI is InChI=1S/C29H31FN6O3/c1-35-14-15-36(29(38)39-2)23(19-35)18-33-28(37)25-10-11-26(24-9-4-3-7-21(24)17-31)34-27(25)32-13-12-20-6-5-8-22(30)16-20/h3-11,16,23H,12-15,18-19H2,1-2H3,(H,32,34)(H,33,37)/t23-/m0/s1. The Morgan fingerprint density at radius 3 is 2.74 bits per heavy atom. The van der Waals surface area contributed by atoms with Gasteiger partial charge in [0.25, 0.3) is 5.91 Å². The second-order valence-corrected chi connectivity index (χ2v) is 9.35. The fourth-order valence-corrected chi connectivity index (χ4v) is 4.60. The fraction of sp³-hybridized carbons (Fsp3) is 0.310. The van der Waals surface area contributed by atoms with Crippen LogP contribution in [0.3, 0.4) is 0 Å². The molecule has 1 fully saturated rings. The van der Waals surface area contributed by atoms with Crippen LogP contribution in [0.25, 0.3) is 11.3 Å². The number of halogens is 1. The first-order valence-corrected chi connectivity index (χ1v) is 12.7. The second-order valence-electron chi connectivity index (χ2n) is 9.35. The van der Waals surface area contributed by atoms with E-state index < -0.39 is 6.09 Å². The summed E-state index contributed by atoms with van der Waals surface area (Å²) in [4.78, 5) is 34.0. The topological polar surface area (TPSA) is 111 Å². The number of benzene rings is 2. The lowest BCUT2D eigenvalue weighted by molar-refractivity contribution is 0.0630. The van der Waals surface area contributed by atoms with Crippen LogP contribution in [0.5, 0.6) is 0 Å². The molecule has 2 aromatic carbocycles. The number of piperazine rings is 1. The molecule has 2 amide bonds. The van der Waals surface area contributed by atoms with Gasteiger partial charge < -0.3 is 25.2 Å². The molecule has 202 valence electrons. The Morgan fingerprint density at radius 2 is 1.97 bits per heavy atom. The number of anilines is 1. The molecule has 1 atom stereocenters. The molecule has 0 bridgehead atoms. The maximum absolute atomic E-state index is 13.6. The number of aromatic nitrogens is 1. The SMILES string of the molecule is COC(=O)N1CCN(C)C[C@@H]1CNC(=O)c1ccc(-c2ccccc2C#N)nc1NCCc1cccc(F)c1. The highest BCUT2D eigenvalue weighted by molar-refractivity contribution is 5.99. The molecular weight excluding hydrogens is 499 g/mol. The van der Waals surface area contributed by atoms with Crippen molar-refractivity contribution < 1.29 is 18.7 Å². The van der Waals surface area contributed by atoms with Crippen molar-refractivity contribution in [1.82, 2.24) is 20.1 Å². The van der Waals surface area contributed by atoms with E-state index in [-0.39, 0.29) is 24.3 Å². The minimum absolute atomic E-state index is 0.236. The predicted molar refractivity (Wildman–Crippen MR) is 146 cm³/mol. The molecule has 4 rings (SSSR count). The third-order valence-corrected chi connectivity index (χ3v) is 6.65. The van der Waals surface area contributed by atoms with E-state index in [9.17, 15) is 19.2 Å². The van der Waals surface area contributed by atoms with Crippen molar-refractivity contribution in [2.75, 3.05) is 52.2 Å². The van der Waals surface area contributed by atoms with E-state index in [0.29, 0.717) is 60.8 Å². The number of nitrogens with zero attached hydrogens (tertiary/aromatic N) is 4. The third kappa shape index (κ3) is 6.89. The molecule has 0 spiro atoms. The van der Waals surface area contributed by atoms with Gasteiger partial charge in [-0.25, -0.2) is 14.2 Å². The minimum atomic E-state index is -0.427. The van der Waals surface area contributed by atoms with Crippen LogP contribution in [-0.4, -0.2) is 79.7 Å². The normalized spacial score (nSPS) is 15.3. The zero-order valence-corrected chi connectivity index (χ0v) is 22.0. The summed E-state index contributed by atoms with van der Waals surface area (Å²) in [7, 11) is 3.31. The van der Waals surface area contributed by atoms with Crippen LogP contribution >= 0.6 is 0 Å². The molecule has 2 N–H and O–H groups in total. The number of carbonyl (C=O) groups is 2. The van der Waals surface area contributed by atoms with Gasteiger partial charge in [-0.15, -0.1) is 0 Å². The van der Waals surface area contributed by atoms with Gasteiger partial charge >= 0.3 is 6.09 Å². The molecule has 0 radical (unpaired) electrons. The Kier molecular flexibility index (Phi) is 9.07. The van der Waals surface area contributed by atoms with E-state index in [4.69, 9.17) is 9.72 Å². The van der Waals surface area contributed by atoms with Crippen molar-refractivity contribution in [3.63, 3.8) is 0 Å². The van der Waals surface area contributed by atoms with Crippen LogP contribution in [0.4, 0.5) is 15.0 Å². The quantitative estimate of drug-likeness (QED) is 0.459. The third-order valence-electron chi connectivity index (χ3n) is 6.65. The van der Waals surface area contributed by atoms with Crippen molar-refractivity contribution in [2.45, 2.75) is 12.5 Å². The van der Waals surface area contributed by atoms with E-state index in [1.807, 2.05) is 19.2 Å². The lowest BCUT2D eigenvalue weighted by atomic mass is 10.0. The Balaban J connectivity index is 1.55. The van der Waals surface area contributed by atoms with E-state index >= 15 is 0 Å². The van der Waals surface area contributed by atoms with Gasteiger partial charge in [0.2, 0.25) is 0 Å². The summed E-state index contributed by atoms with van der Waals surface area (Å²) in [6.45, 7) is 2.46. The minimum Gasteiger partial charge on any atom is -0.453 e. The Labute approximate surface area is 227 Å². The summed E-state index contributed by atoms with van der Waals surface area (Å²) in [6, 6.07) is 18.8. The number of amides is 2. The first-order chi connectivity index (χ1) is 18.9. The number of pyridine rings is 1. The van der Waals surface area contributed by atoms with Gasteiger partial charge in [-0.2, -0.15) is 5.26 Å². The first-order valence-electron chi connectivity index (χ1n) is 12.7. The van der Waals surface area contributed by atoms with Crippen LogP contribution in [0.15, 0.2) is 60.7 Å². The smallest absolute Gasteiger partial charge is 0.409 e. The zero-order valence-electron chi connectivity index (χ0n) is 22.0. The number of nitriles is 1. The molecule has 1 aromatic heterocycles. The summed E-state index contributed by atoms with van der Waals surface area (Å²) >= 11 is 0. The van der Waals surface area contributed by atoms with Gasteiger partial charge in [0.15, 0.2) is 0 Å². The van der Waals surface area contributed by atoms with Crippen LogP contribution in [0, 0.1) is 17.1 Å². The van der Waals surface area contributed by atoms with Gasteiger partial charge in [0.05, 0.1) is 36.0 Å². The fourth-order valence-electron chi connectivity index (χ4n) is 4.60. The number of ether oxygens (including phenoxy) is 1. The Hall–Kier alpha value is -4.49. The number of likely N-dealkylation sites (N-methyl/N-ethyl adjacent to an activating group) is 1. The first kappa shape index (κ1) is 27.5. The molecule has 0 aliphatic carbocycles. The summed E-state index contributed by atoms with van der Waals surface area (Å²) in [5.74, 6) is -0.316. The second kappa shape index (κ2) is 12.8. The number of carbonyl (C=O) groups excluding carboxylic acids is 2. The highest BCUT2D eigenvalue weighted by atomic mass is 19.1. The number of methoxy groups -OCH3 is 1. The summed E-state index contributed by atoms with van der Waals surface area (Å²) in [6.07, 6.45) is 0.0892. The van der Waals surface area contributed by atoms with Gasteiger partial charge in [-0.05, 0) is 49.4 Å². The maximum atomic E-state index is 13.6. The molecule has 1 aliphatic rings. The van der Waals surface area contributed by atoms with E-state index in [1.165, 1.54) is 19.2 Å². The number of rotatable bonds is 8. The predicted octanol–water partition coefficient (Wildman–Crippen LogP) is 3.53. The number of hydrogen-bond donors (Lipinski definition) is 2.